The highest BCUT2D eigenvalue weighted by Gasteiger charge is 2.28. The highest BCUT2D eigenvalue weighted by molar-refractivity contribution is 8.00. The molecule has 1 aliphatic rings. The lowest BCUT2D eigenvalue weighted by Crippen LogP contribution is -2.33. The van der Waals surface area contributed by atoms with Crippen molar-refractivity contribution in [2.45, 2.75) is 31.1 Å². The van der Waals surface area contributed by atoms with Crippen molar-refractivity contribution in [2.24, 2.45) is 0 Å². The van der Waals surface area contributed by atoms with Crippen LogP contribution in [0.5, 0.6) is 0 Å². The van der Waals surface area contributed by atoms with Crippen LogP contribution in [-0.4, -0.2) is 27.0 Å². The molecule has 102 valence electrons. The third-order valence-electron chi connectivity index (χ3n) is 3.46. The molecule has 0 bridgehead atoms. The quantitative estimate of drug-likeness (QED) is 0.909. The predicted molar refractivity (Wildman–Crippen MR) is 82.0 cm³/mol. The molecule has 3 rings (SSSR count). The van der Waals surface area contributed by atoms with Gasteiger partial charge in [-0.3, -0.25) is 4.79 Å². The summed E-state index contributed by atoms with van der Waals surface area (Å²) in [4.78, 5) is 19.1. The van der Waals surface area contributed by atoms with E-state index in [9.17, 15) is 4.79 Å². The number of nitrogens with zero attached hydrogens (tertiary/aromatic N) is 1. The first-order valence-corrected chi connectivity index (χ1v) is 8.34. The van der Waals surface area contributed by atoms with Crippen molar-refractivity contribution in [2.75, 3.05) is 12.3 Å². The number of aromatic nitrogens is 2. The summed E-state index contributed by atoms with van der Waals surface area (Å²) in [6, 6.07) is 1.90. The molecular weight excluding hydrogens is 278 g/mol. The Bertz CT molecular complexity index is 628. The van der Waals surface area contributed by atoms with Crippen molar-refractivity contribution in [3.63, 3.8) is 0 Å². The average Bonchev–Trinajstić information content (AvgIpc) is 2.98. The number of aromatic amines is 1. The highest BCUT2D eigenvalue weighted by Crippen LogP contribution is 2.36. The largest absolute Gasteiger partial charge is 0.309 e. The van der Waals surface area contributed by atoms with E-state index in [1.807, 2.05) is 23.2 Å². The van der Waals surface area contributed by atoms with Gasteiger partial charge in [-0.25, -0.2) is 4.98 Å². The smallest absolute Gasteiger partial charge is 0.268 e. The zero-order valence-electron chi connectivity index (χ0n) is 10.9. The maximum absolute atomic E-state index is 11.8. The van der Waals surface area contributed by atoms with Gasteiger partial charge in [0.05, 0.1) is 12.1 Å². The van der Waals surface area contributed by atoms with E-state index in [1.165, 1.54) is 29.9 Å². The molecule has 0 spiro atoms. The van der Waals surface area contributed by atoms with E-state index in [0.717, 1.165) is 17.9 Å². The van der Waals surface area contributed by atoms with E-state index in [2.05, 4.69) is 22.2 Å². The Labute approximate surface area is 120 Å². The van der Waals surface area contributed by atoms with Gasteiger partial charge in [0.25, 0.3) is 5.56 Å². The summed E-state index contributed by atoms with van der Waals surface area (Å²) in [7, 11) is 0. The third-order valence-corrected chi connectivity index (χ3v) is 5.90. The summed E-state index contributed by atoms with van der Waals surface area (Å²) in [5.74, 6) is 1.98. The summed E-state index contributed by atoms with van der Waals surface area (Å²) in [5.41, 5.74) is 0.769. The standard InChI is InChI=1S/C13H17N3OS2/c1-13(4-2-5-19-13)8-14-7-10-15-9-3-6-18-11(9)12(17)16-10/h3,6,14H,2,4-5,7-8H2,1H3,(H,15,16,17). The van der Waals surface area contributed by atoms with Crippen molar-refractivity contribution >= 4 is 33.3 Å². The second-order valence-electron chi connectivity index (χ2n) is 5.15. The Kier molecular flexibility index (Phi) is 3.64. The molecule has 1 unspecified atom stereocenters. The second kappa shape index (κ2) is 5.26. The predicted octanol–water partition coefficient (Wildman–Crippen LogP) is 2.36. The van der Waals surface area contributed by atoms with Gasteiger partial charge in [0, 0.05) is 11.3 Å². The second-order valence-corrected chi connectivity index (χ2v) is 7.75. The summed E-state index contributed by atoms with van der Waals surface area (Å²) in [5, 5.41) is 5.32. The summed E-state index contributed by atoms with van der Waals surface area (Å²) in [6.45, 7) is 3.89. The first-order chi connectivity index (χ1) is 9.16. The minimum absolute atomic E-state index is 0.0294. The van der Waals surface area contributed by atoms with Crippen LogP contribution < -0.4 is 10.9 Å². The number of thioether (sulfide) groups is 1. The van der Waals surface area contributed by atoms with Crippen LogP contribution >= 0.6 is 23.1 Å². The van der Waals surface area contributed by atoms with Crippen molar-refractivity contribution in [1.82, 2.24) is 15.3 Å². The molecular formula is C13H17N3OS2. The Morgan fingerprint density at radius 2 is 2.47 bits per heavy atom. The average molecular weight is 295 g/mol. The number of nitrogens with one attached hydrogen (secondary N) is 2. The van der Waals surface area contributed by atoms with Gasteiger partial charge in [0.2, 0.25) is 0 Å². The van der Waals surface area contributed by atoms with Gasteiger partial charge >= 0.3 is 0 Å². The van der Waals surface area contributed by atoms with E-state index in [4.69, 9.17) is 0 Å². The molecule has 2 aromatic heterocycles. The zero-order valence-corrected chi connectivity index (χ0v) is 12.5. The van der Waals surface area contributed by atoms with Gasteiger partial charge < -0.3 is 10.3 Å². The number of H-pyrrole nitrogens is 1. The van der Waals surface area contributed by atoms with Gasteiger partial charge in [0.15, 0.2) is 0 Å². The topological polar surface area (TPSA) is 57.8 Å². The molecule has 0 saturated carbocycles. The van der Waals surface area contributed by atoms with Crippen LogP contribution in [0, 0.1) is 0 Å². The van der Waals surface area contributed by atoms with Gasteiger partial charge in [0.1, 0.15) is 10.5 Å². The lowest BCUT2D eigenvalue weighted by Gasteiger charge is -2.22. The van der Waals surface area contributed by atoms with Gasteiger partial charge in [-0.05, 0) is 37.0 Å². The van der Waals surface area contributed by atoms with E-state index in [0.29, 0.717) is 16.0 Å². The van der Waals surface area contributed by atoms with Crippen LogP contribution in [0.4, 0.5) is 0 Å². The van der Waals surface area contributed by atoms with E-state index in [1.54, 1.807) is 0 Å². The molecule has 19 heavy (non-hydrogen) atoms. The van der Waals surface area contributed by atoms with Crippen molar-refractivity contribution < 1.29 is 0 Å². The maximum Gasteiger partial charge on any atom is 0.268 e. The minimum Gasteiger partial charge on any atom is -0.309 e. The van der Waals surface area contributed by atoms with Crippen LogP contribution in [0.2, 0.25) is 0 Å². The molecule has 0 aliphatic carbocycles. The van der Waals surface area contributed by atoms with Crippen molar-refractivity contribution in [3.8, 4) is 0 Å². The fourth-order valence-corrected chi connectivity index (χ4v) is 4.43. The first-order valence-electron chi connectivity index (χ1n) is 6.47. The lowest BCUT2D eigenvalue weighted by molar-refractivity contribution is 0.530. The molecule has 0 amide bonds. The minimum atomic E-state index is -0.0294. The van der Waals surface area contributed by atoms with Crippen LogP contribution in [0.25, 0.3) is 10.2 Å². The van der Waals surface area contributed by atoms with Crippen molar-refractivity contribution in [1.29, 1.82) is 0 Å². The number of hydrogen-bond acceptors (Lipinski definition) is 5. The number of thiophene rings is 1. The van der Waals surface area contributed by atoms with Gasteiger partial charge in [-0.2, -0.15) is 11.8 Å². The van der Waals surface area contributed by atoms with Gasteiger partial charge in [-0.15, -0.1) is 11.3 Å². The van der Waals surface area contributed by atoms with Crippen LogP contribution in [0.1, 0.15) is 25.6 Å². The first kappa shape index (κ1) is 13.1. The van der Waals surface area contributed by atoms with E-state index >= 15 is 0 Å². The molecule has 6 heteroatoms. The summed E-state index contributed by atoms with van der Waals surface area (Å²) in [6.07, 6.45) is 2.57. The molecule has 1 saturated heterocycles. The van der Waals surface area contributed by atoms with Crippen LogP contribution in [0.3, 0.4) is 0 Å². The van der Waals surface area contributed by atoms with Crippen LogP contribution in [-0.2, 0) is 6.54 Å². The molecule has 3 heterocycles. The fraction of sp³-hybridized carbons (Fsp3) is 0.538. The lowest BCUT2D eigenvalue weighted by atomic mass is 10.1. The number of hydrogen-bond donors (Lipinski definition) is 2. The zero-order chi connectivity index (χ0) is 13.3. The Hall–Kier alpha value is -0.850. The summed E-state index contributed by atoms with van der Waals surface area (Å²) >= 11 is 3.47. The molecule has 1 atom stereocenters. The molecule has 0 radical (unpaired) electrons. The Morgan fingerprint density at radius 3 is 3.26 bits per heavy atom. The normalized spacial score (nSPS) is 23.2. The summed E-state index contributed by atoms with van der Waals surface area (Å²) < 4.78 is 1.05. The highest BCUT2D eigenvalue weighted by atomic mass is 32.2. The maximum atomic E-state index is 11.8. The third kappa shape index (κ3) is 2.85. The van der Waals surface area contributed by atoms with Gasteiger partial charge in [-0.1, -0.05) is 0 Å². The number of rotatable bonds is 4. The molecule has 0 aromatic carbocycles. The van der Waals surface area contributed by atoms with Crippen molar-refractivity contribution in [3.05, 3.63) is 27.6 Å². The molecule has 2 aromatic rings. The Balaban J connectivity index is 1.66. The number of fused-ring (bicyclic) bond motifs is 1. The van der Waals surface area contributed by atoms with E-state index < -0.39 is 0 Å². The molecule has 1 aliphatic heterocycles. The van der Waals surface area contributed by atoms with E-state index in [-0.39, 0.29) is 5.56 Å². The Morgan fingerprint density at radius 1 is 1.58 bits per heavy atom. The molecule has 1 fully saturated rings. The molecule has 2 N–H and O–H groups in total. The van der Waals surface area contributed by atoms with Crippen LogP contribution in [0.15, 0.2) is 16.2 Å². The fourth-order valence-electron chi connectivity index (χ4n) is 2.43. The molecule has 4 nitrogen and oxygen atoms in total. The SMILES string of the molecule is CC1(CNCc2nc3ccsc3c(=O)[nH]2)CCCS1. The monoisotopic (exact) mass is 295 g/mol.